The van der Waals surface area contributed by atoms with Gasteiger partial charge in [-0.2, -0.15) is 23.1 Å². The van der Waals surface area contributed by atoms with Crippen LogP contribution in [0, 0.1) is 11.6 Å². The van der Waals surface area contributed by atoms with Crippen LogP contribution < -0.4 is 15.4 Å². The number of aromatic nitrogens is 3. The van der Waals surface area contributed by atoms with Gasteiger partial charge in [0.15, 0.2) is 16.8 Å². The summed E-state index contributed by atoms with van der Waals surface area (Å²) in [7, 11) is 0. The second kappa shape index (κ2) is 11.7. The predicted molar refractivity (Wildman–Crippen MR) is 165 cm³/mol. The maximum atomic E-state index is 16.8. The molecule has 9 nitrogen and oxygen atoms in total. The maximum absolute atomic E-state index is 16.8. The van der Waals surface area contributed by atoms with Crippen LogP contribution in [-0.4, -0.2) is 88.2 Å². The molecule has 0 spiro atoms. The number of benzene rings is 2. The molecule has 0 saturated carbocycles. The Morgan fingerprint density at radius 2 is 1.85 bits per heavy atom. The number of amides is 1. The van der Waals surface area contributed by atoms with E-state index < -0.39 is 57.9 Å². The van der Waals surface area contributed by atoms with Gasteiger partial charge in [0, 0.05) is 55.7 Å². The van der Waals surface area contributed by atoms with Crippen LogP contribution in [0.15, 0.2) is 30.6 Å². The highest BCUT2D eigenvalue weighted by atomic mass is 32.1. The number of halogens is 7. The summed E-state index contributed by atoms with van der Waals surface area (Å²) in [6.45, 7) is 3.87. The molecule has 7 rings (SSSR count). The first-order valence-electron chi connectivity index (χ1n) is 15.1. The quantitative estimate of drug-likeness (QED) is 0.198. The molecule has 3 aliphatic rings. The van der Waals surface area contributed by atoms with E-state index in [1.54, 1.807) is 0 Å². The van der Waals surface area contributed by atoms with Crippen LogP contribution >= 0.6 is 11.3 Å². The van der Waals surface area contributed by atoms with Crippen LogP contribution in [0.1, 0.15) is 24.8 Å². The summed E-state index contributed by atoms with van der Waals surface area (Å²) in [4.78, 5) is 29.6. The van der Waals surface area contributed by atoms with Crippen LogP contribution in [-0.2, 0) is 11.0 Å². The molecule has 2 aromatic carbocycles. The number of hydrogen-bond donors (Lipinski definition) is 1. The van der Waals surface area contributed by atoms with Crippen molar-refractivity contribution in [2.75, 3.05) is 56.5 Å². The zero-order chi connectivity index (χ0) is 34.1. The Bertz CT molecular complexity index is 1960. The van der Waals surface area contributed by atoms with Gasteiger partial charge in [-0.1, -0.05) is 17.9 Å². The van der Waals surface area contributed by atoms with Crippen LogP contribution in [0.5, 0.6) is 6.01 Å². The SMILES string of the molecule is C=C(F)C(=O)N1CCN(c2nc(OCC34CCCN3CC(F)C4)nc3c(F)c(-c4ccc(F)c5sc(N)nc45)c(C(F)(F)F)cc23)CC1. The zero-order valence-corrected chi connectivity index (χ0v) is 26.0. The number of nitrogen functional groups attached to an aromatic ring is 1. The highest BCUT2D eigenvalue weighted by Gasteiger charge is 2.49. The normalized spacial score (nSPS) is 21.8. The summed E-state index contributed by atoms with van der Waals surface area (Å²) in [5, 5.41) is -0.421. The Morgan fingerprint density at radius 1 is 1.10 bits per heavy atom. The standard InChI is InChI=1S/C31H28F7N7O2S/c1-15(32)27(46)44-9-7-43(8-10-44)26-18-11-19(31(36,37)38)21(17-3-4-20(34)25-24(17)40-28(39)48-25)22(35)23(18)41-29(42-26)47-14-30-5-2-6-45(30)13-16(33)12-30/h3-4,11,16H,1-2,5-10,12-14H2,(H2,39,40). The topological polar surface area (TPSA) is 101 Å². The van der Waals surface area contributed by atoms with Gasteiger partial charge in [-0.25, -0.2) is 22.5 Å². The van der Waals surface area contributed by atoms with Gasteiger partial charge >= 0.3 is 12.2 Å². The van der Waals surface area contributed by atoms with Gasteiger partial charge in [-0.05, 0) is 37.6 Å². The average molecular weight is 696 g/mol. The number of anilines is 2. The molecule has 1 amide bonds. The van der Waals surface area contributed by atoms with Crippen molar-refractivity contribution < 1.29 is 40.3 Å². The van der Waals surface area contributed by atoms with E-state index in [-0.39, 0.29) is 83.9 Å². The van der Waals surface area contributed by atoms with E-state index in [0.29, 0.717) is 24.3 Å². The number of nitrogens with zero attached hydrogens (tertiary/aromatic N) is 6. The lowest BCUT2D eigenvalue weighted by atomic mass is 9.95. The molecular formula is C31H28F7N7O2S. The highest BCUT2D eigenvalue weighted by Crippen LogP contribution is 2.46. The number of thiazole rings is 1. The number of hydrogen-bond acceptors (Lipinski definition) is 9. The first-order valence-corrected chi connectivity index (χ1v) is 15.9. The number of ether oxygens (including phenoxy) is 1. The minimum Gasteiger partial charge on any atom is -0.461 e. The van der Waals surface area contributed by atoms with Crippen molar-refractivity contribution in [1.29, 1.82) is 0 Å². The lowest BCUT2D eigenvalue weighted by Gasteiger charge is -2.36. The van der Waals surface area contributed by atoms with Crippen LogP contribution in [0.4, 0.5) is 41.7 Å². The molecule has 48 heavy (non-hydrogen) atoms. The Labute approximate surface area is 272 Å². The maximum Gasteiger partial charge on any atom is 0.417 e. The summed E-state index contributed by atoms with van der Waals surface area (Å²) >= 11 is 0.712. The fourth-order valence-electron chi connectivity index (χ4n) is 7.12. The van der Waals surface area contributed by atoms with E-state index in [2.05, 4.69) is 21.5 Å². The number of rotatable bonds is 6. The molecule has 0 bridgehead atoms. The van der Waals surface area contributed by atoms with Gasteiger partial charge < -0.3 is 20.3 Å². The van der Waals surface area contributed by atoms with Gasteiger partial charge in [0.05, 0.1) is 21.3 Å². The monoisotopic (exact) mass is 695 g/mol. The average Bonchev–Trinajstić information content (AvgIpc) is 3.71. The van der Waals surface area contributed by atoms with Crippen LogP contribution in [0.3, 0.4) is 0 Å². The third-order valence-corrected chi connectivity index (χ3v) is 10.2. The van der Waals surface area contributed by atoms with E-state index in [1.165, 1.54) is 9.80 Å². The summed E-state index contributed by atoms with van der Waals surface area (Å²) in [6, 6.07) is 2.30. The molecule has 3 fully saturated rings. The third-order valence-electron chi connectivity index (χ3n) is 9.31. The van der Waals surface area contributed by atoms with Crippen LogP contribution in [0.25, 0.3) is 32.2 Å². The minimum absolute atomic E-state index is 0.00717. The molecule has 2 N–H and O–H groups in total. The van der Waals surface area contributed by atoms with Gasteiger partial charge in [-0.3, -0.25) is 9.69 Å². The van der Waals surface area contributed by atoms with Crippen LogP contribution in [0.2, 0.25) is 0 Å². The minimum atomic E-state index is -5.10. The Kier molecular flexibility index (Phi) is 7.89. The molecule has 4 aromatic rings. The number of alkyl halides is 4. The molecule has 3 aliphatic heterocycles. The van der Waals surface area contributed by atoms with Gasteiger partial charge in [-0.15, -0.1) is 0 Å². The Hall–Kier alpha value is -4.25. The van der Waals surface area contributed by atoms with Crippen molar-refractivity contribution in [3.8, 4) is 17.1 Å². The van der Waals surface area contributed by atoms with Crippen molar-refractivity contribution in [3.63, 3.8) is 0 Å². The van der Waals surface area contributed by atoms with Crippen molar-refractivity contribution in [3.05, 3.63) is 47.8 Å². The first kappa shape index (κ1) is 32.3. The fraction of sp³-hybridized carbons (Fsp3) is 0.419. The number of carbonyl (C=O) groups excluding carboxylic acids is 1. The molecule has 254 valence electrons. The van der Waals surface area contributed by atoms with E-state index in [0.717, 1.165) is 24.6 Å². The number of carbonyl (C=O) groups is 1. The smallest absolute Gasteiger partial charge is 0.417 e. The van der Waals surface area contributed by atoms with E-state index in [4.69, 9.17) is 10.5 Å². The molecule has 0 radical (unpaired) electrons. The summed E-state index contributed by atoms with van der Waals surface area (Å²) in [6.07, 6.45) is -4.47. The molecule has 2 aromatic heterocycles. The zero-order valence-electron chi connectivity index (χ0n) is 25.2. The lowest BCUT2D eigenvalue weighted by molar-refractivity contribution is -0.137. The van der Waals surface area contributed by atoms with Crippen molar-refractivity contribution in [2.24, 2.45) is 0 Å². The molecular weight excluding hydrogens is 667 g/mol. The van der Waals surface area contributed by atoms with Crippen molar-refractivity contribution >= 4 is 49.3 Å². The number of piperazine rings is 1. The molecule has 2 atom stereocenters. The third kappa shape index (κ3) is 5.45. The summed E-state index contributed by atoms with van der Waals surface area (Å²) < 4.78 is 110. The lowest BCUT2D eigenvalue weighted by Crippen LogP contribution is -2.49. The predicted octanol–water partition coefficient (Wildman–Crippen LogP) is 5.87. The second-order valence-corrected chi connectivity index (χ2v) is 13.2. The molecule has 2 unspecified atom stereocenters. The largest absolute Gasteiger partial charge is 0.461 e. The second-order valence-electron chi connectivity index (χ2n) is 12.2. The molecule has 17 heteroatoms. The summed E-state index contributed by atoms with van der Waals surface area (Å²) in [5.74, 6) is -4.33. The van der Waals surface area contributed by atoms with Gasteiger partial charge in [0.25, 0.3) is 5.91 Å². The van der Waals surface area contributed by atoms with E-state index in [9.17, 15) is 31.1 Å². The summed E-state index contributed by atoms with van der Waals surface area (Å²) in [5.41, 5.74) is 1.74. The Balaban J connectivity index is 1.39. The fourth-order valence-corrected chi connectivity index (χ4v) is 7.88. The van der Waals surface area contributed by atoms with Gasteiger partial charge in [0.1, 0.15) is 29.9 Å². The molecule has 5 heterocycles. The van der Waals surface area contributed by atoms with Gasteiger partial charge in [0.2, 0.25) is 0 Å². The number of nitrogens with two attached hydrogens (primary N) is 1. The number of fused-ring (bicyclic) bond motifs is 3. The van der Waals surface area contributed by atoms with Crippen molar-refractivity contribution in [2.45, 2.75) is 37.1 Å². The van der Waals surface area contributed by atoms with E-state index >= 15 is 4.39 Å². The van der Waals surface area contributed by atoms with Crippen molar-refractivity contribution in [1.82, 2.24) is 24.8 Å². The first-order chi connectivity index (χ1) is 22.8. The molecule has 0 aliphatic carbocycles. The highest BCUT2D eigenvalue weighted by molar-refractivity contribution is 7.22. The van der Waals surface area contributed by atoms with E-state index in [1.807, 2.05) is 4.90 Å². The molecule has 3 saturated heterocycles. The Morgan fingerprint density at radius 3 is 2.56 bits per heavy atom.